The number of oxazole rings is 1. The molecule has 0 radical (unpaired) electrons. The number of carboxylic acids is 1. The number of sulfone groups is 1. The summed E-state index contributed by atoms with van der Waals surface area (Å²) in [6.07, 6.45) is 3.84. The van der Waals surface area contributed by atoms with E-state index in [1.165, 1.54) is 0 Å². The number of carboxylic acid groups (broad SMARTS) is 1. The Morgan fingerprint density at radius 2 is 2.11 bits per heavy atom. The minimum Gasteiger partial charge on any atom is -0.481 e. The molecule has 1 fully saturated rings. The average Bonchev–Trinajstić information content (AvgIpc) is 2.77. The summed E-state index contributed by atoms with van der Waals surface area (Å²) in [6.45, 7) is 0. The third-order valence-corrected chi connectivity index (χ3v) is 5.04. The van der Waals surface area contributed by atoms with Gasteiger partial charge in [-0.3, -0.25) is 4.79 Å². The number of aromatic nitrogens is 1. The van der Waals surface area contributed by atoms with Crippen molar-refractivity contribution >= 4 is 15.8 Å². The summed E-state index contributed by atoms with van der Waals surface area (Å²) in [5.41, 5.74) is 0. The Hall–Kier alpha value is -1.37. The normalized spacial score (nSPS) is 19.4. The van der Waals surface area contributed by atoms with E-state index in [1.807, 2.05) is 0 Å². The van der Waals surface area contributed by atoms with Crippen molar-refractivity contribution in [2.24, 2.45) is 5.92 Å². The molecule has 0 unspecified atom stereocenters. The maximum Gasteiger partial charge on any atom is 0.303 e. The standard InChI is InChI=1S/C12H17NO5S/c14-12(15)2-1-10-8-13-11(18-10)7-9-3-5-19(16,17)6-4-9/h8-9H,1-7H2,(H,14,15). The molecule has 1 aliphatic rings. The van der Waals surface area contributed by atoms with E-state index in [2.05, 4.69) is 4.98 Å². The second-order valence-corrected chi connectivity index (χ2v) is 7.22. The Kier molecular flexibility index (Phi) is 4.24. The van der Waals surface area contributed by atoms with Crippen LogP contribution in [0, 0.1) is 5.92 Å². The first-order valence-corrected chi connectivity index (χ1v) is 8.12. The molecule has 2 rings (SSSR count). The first-order chi connectivity index (χ1) is 8.94. The van der Waals surface area contributed by atoms with Gasteiger partial charge in [0.2, 0.25) is 0 Å². The fourth-order valence-corrected chi connectivity index (χ4v) is 3.77. The van der Waals surface area contributed by atoms with Crippen LogP contribution in [0.15, 0.2) is 10.6 Å². The van der Waals surface area contributed by atoms with E-state index in [-0.39, 0.29) is 23.8 Å². The molecule has 0 aliphatic carbocycles. The number of hydrogen-bond acceptors (Lipinski definition) is 5. The van der Waals surface area contributed by atoms with Gasteiger partial charge < -0.3 is 9.52 Å². The monoisotopic (exact) mass is 287 g/mol. The zero-order valence-electron chi connectivity index (χ0n) is 10.5. The molecule has 1 aromatic rings. The Bertz CT molecular complexity index is 534. The summed E-state index contributed by atoms with van der Waals surface area (Å²) >= 11 is 0. The molecule has 0 saturated carbocycles. The zero-order valence-corrected chi connectivity index (χ0v) is 11.4. The van der Waals surface area contributed by atoms with Crippen molar-refractivity contribution in [3.05, 3.63) is 17.8 Å². The summed E-state index contributed by atoms with van der Waals surface area (Å²) in [5, 5.41) is 8.57. The number of carbonyl (C=O) groups is 1. The van der Waals surface area contributed by atoms with Gasteiger partial charge in [0.25, 0.3) is 0 Å². The lowest BCUT2D eigenvalue weighted by molar-refractivity contribution is -0.137. The quantitative estimate of drug-likeness (QED) is 0.869. The van der Waals surface area contributed by atoms with Gasteiger partial charge in [0.15, 0.2) is 5.89 Å². The van der Waals surface area contributed by atoms with E-state index in [4.69, 9.17) is 9.52 Å². The SMILES string of the molecule is O=C(O)CCc1cnc(CC2CCS(=O)(=O)CC2)o1. The minimum absolute atomic E-state index is 0.0241. The van der Waals surface area contributed by atoms with Crippen molar-refractivity contribution in [3.8, 4) is 0 Å². The van der Waals surface area contributed by atoms with Crippen molar-refractivity contribution in [2.75, 3.05) is 11.5 Å². The highest BCUT2D eigenvalue weighted by Crippen LogP contribution is 2.23. The van der Waals surface area contributed by atoms with Crippen LogP contribution in [0.1, 0.15) is 30.9 Å². The predicted molar refractivity (Wildman–Crippen MR) is 67.5 cm³/mol. The van der Waals surface area contributed by atoms with E-state index >= 15 is 0 Å². The molecular weight excluding hydrogens is 270 g/mol. The highest BCUT2D eigenvalue weighted by molar-refractivity contribution is 7.91. The Labute approximate surface area is 111 Å². The molecule has 7 heteroatoms. The fraction of sp³-hybridized carbons (Fsp3) is 0.667. The molecule has 19 heavy (non-hydrogen) atoms. The molecule has 6 nitrogen and oxygen atoms in total. The van der Waals surface area contributed by atoms with E-state index in [0.717, 1.165) is 0 Å². The van der Waals surface area contributed by atoms with Crippen LogP contribution in [0.3, 0.4) is 0 Å². The molecule has 1 aromatic heterocycles. The third kappa shape index (κ3) is 4.34. The number of aliphatic carboxylic acids is 1. The van der Waals surface area contributed by atoms with Crippen LogP contribution in [-0.4, -0.2) is 36.0 Å². The number of rotatable bonds is 5. The van der Waals surface area contributed by atoms with Gasteiger partial charge in [-0.15, -0.1) is 0 Å². The van der Waals surface area contributed by atoms with Crippen molar-refractivity contribution in [3.63, 3.8) is 0 Å². The predicted octanol–water partition coefficient (Wildman–Crippen LogP) is 1.06. The van der Waals surface area contributed by atoms with Gasteiger partial charge in [0, 0.05) is 12.8 Å². The molecule has 1 saturated heterocycles. The summed E-state index contributed by atoms with van der Waals surface area (Å²) in [4.78, 5) is 14.6. The molecular formula is C12H17NO5S. The summed E-state index contributed by atoms with van der Waals surface area (Å²) in [6, 6.07) is 0. The molecule has 106 valence electrons. The maximum atomic E-state index is 11.3. The summed E-state index contributed by atoms with van der Waals surface area (Å²) in [7, 11) is -2.84. The number of aryl methyl sites for hydroxylation is 1. The topological polar surface area (TPSA) is 97.5 Å². The lowest BCUT2D eigenvalue weighted by Crippen LogP contribution is -2.24. The molecule has 1 N–H and O–H groups in total. The van der Waals surface area contributed by atoms with Crippen LogP contribution >= 0.6 is 0 Å². The van der Waals surface area contributed by atoms with Gasteiger partial charge in [0.1, 0.15) is 15.6 Å². The molecule has 0 atom stereocenters. The Balaban J connectivity index is 1.85. The van der Waals surface area contributed by atoms with Crippen LogP contribution in [0.2, 0.25) is 0 Å². The highest BCUT2D eigenvalue weighted by atomic mass is 32.2. The van der Waals surface area contributed by atoms with Crippen LogP contribution < -0.4 is 0 Å². The zero-order chi connectivity index (χ0) is 13.9. The second-order valence-electron chi connectivity index (χ2n) is 4.91. The highest BCUT2D eigenvalue weighted by Gasteiger charge is 2.24. The van der Waals surface area contributed by atoms with Gasteiger partial charge in [-0.25, -0.2) is 13.4 Å². The van der Waals surface area contributed by atoms with E-state index in [0.29, 0.717) is 37.3 Å². The van der Waals surface area contributed by atoms with Crippen molar-refractivity contribution < 1.29 is 22.7 Å². The van der Waals surface area contributed by atoms with Crippen LogP contribution in [0.5, 0.6) is 0 Å². The lowest BCUT2D eigenvalue weighted by Gasteiger charge is -2.20. The number of hydrogen-bond donors (Lipinski definition) is 1. The van der Waals surface area contributed by atoms with E-state index in [1.54, 1.807) is 6.20 Å². The summed E-state index contributed by atoms with van der Waals surface area (Å²) < 4.78 is 28.1. The average molecular weight is 287 g/mol. The molecule has 0 bridgehead atoms. The van der Waals surface area contributed by atoms with Crippen LogP contribution in [0.25, 0.3) is 0 Å². The third-order valence-electron chi connectivity index (χ3n) is 3.32. The molecule has 2 heterocycles. The molecule has 0 aromatic carbocycles. The maximum absolute atomic E-state index is 11.3. The molecule has 1 aliphatic heterocycles. The van der Waals surface area contributed by atoms with E-state index < -0.39 is 15.8 Å². The largest absolute Gasteiger partial charge is 0.481 e. The molecule has 0 amide bonds. The minimum atomic E-state index is -2.84. The van der Waals surface area contributed by atoms with Gasteiger partial charge >= 0.3 is 5.97 Å². The molecule has 0 spiro atoms. The van der Waals surface area contributed by atoms with Gasteiger partial charge in [-0.05, 0) is 18.8 Å². The Morgan fingerprint density at radius 1 is 1.42 bits per heavy atom. The fourth-order valence-electron chi connectivity index (χ4n) is 2.18. The van der Waals surface area contributed by atoms with Crippen molar-refractivity contribution in [1.29, 1.82) is 0 Å². The first-order valence-electron chi connectivity index (χ1n) is 6.30. The van der Waals surface area contributed by atoms with Crippen LogP contribution in [-0.2, 0) is 27.5 Å². The smallest absolute Gasteiger partial charge is 0.303 e. The van der Waals surface area contributed by atoms with Gasteiger partial charge in [-0.1, -0.05) is 0 Å². The first kappa shape index (κ1) is 14.0. The van der Waals surface area contributed by atoms with Crippen molar-refractivity contribution in [1.82, 2.24) is 4.98 Å². The Morgan fingerprint density at radius 3 is 2.74 bits per heavy atom. The summed E-state index contributed by atoms with van der Waals surface area (Å²) in [5.74, 6) is 1.05. The van der Waals surface area contributed by atoms with E-state index in [9.17, 15) is 13.2 Å². The number of nitrogens with zero attached hydrogens (tertiary/aromatic N) is 1. The lowest BCUT2D eigenvalue weighted by atomic mass is 9.99. The van der Waals surface area contributed by atoms with Gasteiger partial charge in [0.05, 0.1) is 24.1 Å². The van der Waals surface area contributed by atoms with Crippen LogP contribution in [0.4, 0.5) is 0 Å². The second kappa shape index (κ2) is 5.73. The van der Waals surface area contributed by atoms with Crippen molar-refractivity contribution in [2.45, 2.75) is 32.1 Å². The van der Waals surface area contributed by atoms with Gasteiger partial charge in [-0.2, -0.15) is 0 Å².